The average Bonchev–Trinajstić information content (AvgIpc) is 3.02. The van der Waals surface area contributed by atoms with Gasteiger partial charge in [0.15, 0.2) is 0 Å². The van der Waals surface area contributed by atoms with Crippen molar-refractivity contribution in [3.8, 4) is 5.69 Å². The Kier molecular flexibility index (Phi) is 7.00. The van der Waals surface area contributed by atoms with Crippen LogP contribution >= 0.6 is 11.6 Å². The SMILES string of the molecule is CCCCCOC(=O)c1c(C(=O)O)c(C(=O)O)c(C(=O)O)n1-c1ccc(Cl)cc1. The number of aromatic nitrogens is 1. The molecule has 10 heteroatoms. The van der Waals surface area contributed by atoms with Crippen LogP contribution in [0.1, 0.15) is 67.9 Å². The minimum atomic E-state index is -1.80. The number of rotatable bonds is 9. The van der Waals surface area contributed by atoms with E-state index in [-0.39, 0.29) is 12.3 Å². The fourth-order valence-electron chi connectivity index (χ4n) is 2.82. The molecule has 0 aliphatic carbocycles. The monoisotopic (exact) mass is 423 g/mol. The minimum Gasteiger partial charge on any atom is -0.478 e. The van der Waals surface area contributed by atoms with Gasteiger partial charge in [-0.05, 0) is 30.7 Å². The van der Waals surface area contributed by atoms with Gasteiger partial charge in [-0.3, -0.25) is 4.57 Å². The van der Waals surface area contributed by atoms with E-state index >= 15 is 0 Å². The maximum absolute atomic E-state index is 12.7. The molecule has 0 fully saturated rings. The first-order chi connectivity index (χ1) is 13.7. The van der Waals surface area contributed by atoms with Crippen LogP contribution in [0.2, 0.25) is 5.02 Å². The lowest BCUT2D eigenvalue weighted by Gasteiger charge is -2.12. The summed E-state index contributed by atoms with van der Waals surface area (Å²) in [7, 11) is 0. The Morgan fingerprint density at radius 1 is 0.897 bits per heavy atom. The first-order valence-electron chi connectivity index (χ1n) is 8.62. The van der Waals surface area contributed by atoms with Crippen LogP contribution in [0.4, 0.5) is 0 Å². The molecule has 0 unspecified atom stereocenters. The molecular formula is C19H18ClNO8. The van der Waals surface area contributed by atoms with Gasteiger partial charge in [0.2, 0.25) is 0 Å². The van der Waals surface area contributed by atoms with Crippen molar-refractivity contribution in [1.29, 1.82) is 0 Å². The van der Waals surface area contributed by atoms with Crippen molar-refractivity contribution in [1.82, 2.24) is 4.57 Å². The van der Waals surface area contributed by atoms with Crippen LogP contribution in [-0.2, 0) is 4.74 Å². The molecule has 2 aromatic rings. The van der Waals surface area contributed by atoms with Crippen LogP contribution in [-0.4, -0.2) is 50.4 Å². The molecule has 0 amide bonds. The van der Waals surface area contributed by atoms with Crippen molar-refractivity contribution < 1.29 is 39.2 Å². The third-order valence-corrected chi connectivity index (χ3v) is 4.31. The zero-order valence-corrected chi connectivity index (χ0v) is 16.1. The third-order valence-electron chi connectivity index (χ3n) is 4.06. The van der Waals surface area contributed by atoms with Gasteiger partial charge >= 0.3 is 23.9 Å². The van der Waals surface area contributed by atoms with Gasteiger partial charge in [0.1, 0.15) is 22.5 Å². The van der Waals surface area contributed by atoms with Crippen molar-refractivity contribution in [2.75, 3.05) is 6.61 Å². The highest BCUT2D eigenvalue weighted by atomic mass is 35.5. The summed E-state index contributed by atoms with van der Waals surface area (Å²) in [5.41, 5.74) is -3.49. The topological polar surface area (TPSA) is 143 Å². The number of hydrogen-bond acceptors (Lipinski definition) is 5. The molecule has 0 aliphatic rings. The molecule has 9 nitrogen and oxygen atoms in total. The Morgan fingerprint density at radius 3 is 1.93 bits per heavy atom. The number of carbonyl (C=O) groups excluding carboxylic acids is 1. The molecule has 0 radical (unpaired) electrons. The van der Waals surface area contributed by atoms with E-state index in [0.29, 0.717) is 11.4 Å². The molecule has 1 heterocycles. The summed E-state index contributed by atoms with van der Waals surface area (Å²) in [5.74, 6) is -6.42. The lowest BCUT2D eigenvalue weighted by molar-refractivity contribution is 0.0478. The maximum atomic E-state index is 12.7. The second-order valence-electron chi connectivity index (χ2n) is 6.02. The lowest BCUT2D eigenvalue weighted by atomic mass is 10.1. The van der Waals surface area contributed by atoms with Crippen molar-refractivity contribution in [2.24, 2.45) is 0 Å². The molecule has 1 aromatic heterocycles. The molecule has 154 valence electrons. The van der Waals surface area contributed by atoms with Crippen molar-refractivity contribution >= 4 is 35.5 Å². The summed E-state index contributed by atoms with van der Waals surface area (Å²) in [6.07, 6.45) is 2.13. The number of carbonyl (C=O) groups is 4. The summed E-state index contributed by atoms with van der Waals surface area (Å²) >= 11 is 5.83. The standard InChI is InChI=1S/C19H18ClNO8/c1-2-3-4-9-29-19(28)15-13(17(24)25)12(16(22)23)14(18(26)27)21(15)11-7-5-10(20)6-8-11/h5-8H,2-4,9H2,1H3,(H,22,23)(H,24,25)(H,26,27). The zero-order chi connectivity index (χ0) is 21.7. The molecule has 1 aromatic carbocycles. The van der Waals surface area contributed by atoms with Gasteiger partial charge in [-0.1, -0.05) is 31.4 Å². The van der Waals surface area contributed by atoms with Crippen molar-refractivity contribution in [3.63, 3.8) is 0 Å². The number of hydrogen-bond donors (Lipinski definition) is 3. The van der Waals surface area contributed by atoms with E-state index in [1.54, 1.807) is 0 Å². The Bertz CT molecular complexity index is 962. The highest BCUT2D eigenvalue weighted by Gasteiger charge is 2.38. The number of carboxylic acid groups (broad SMARTS) is 3. The fraction of sp³-hybridized carbons (Fsp3) is 0.263. The quantitative estimate of drug-likeness (QED) is 0.410. The Balaban J connectivity index is 2.80. The largest absolute Gasteiger partial charge is 0.478 e. The number of unbranched alkanes of at least 4 members (excludes halogenated alkanes) is 2. The molecule has 0 saturated carbocycles. The second-order valence-corrected chi connectivity index (χ2v) is 6.45. The van der Waals surface area contributed by atoms with Crippen LogP contribution in [0, 0.1) is 0 Å². The van der Waals surface area contributed by atoms with Crippen molar-refractivity contribution in [3.05, 3.63) is 51.8 Å². The highest BCUT2D eigenvalue weighted by molar-refractivity contribution is 6.30. The molecule has 0 aliphatic heterocycles. The van der Waals surface area contributed by atoms with Gasteiger partial charge in [-0.2, -0.15) is 0 Å². The molecule has 0 atom stereocenters. The summed E-state index contributed by atoms with van der Waals surface area (Å²) < 4.78 is 5.86. The zero-order valence-electron chi connectivity index (χ0n) is 15.3. The van der Waals surface area contributed by atoms with E-state index in [1.807, 2.05) is 6.92 Å². The normalized spacial score (nSPS) is 10.6. The van der Waals surface area contributed by atoms with E-state index < -0.39 is 46.4 Å². The van der Waals surface area contributed by atoms with E-state index in [1.165, 1.54) is 24.3 Å². The van der Waals surface area contributed by atoms with E-state index in [4.69, 9.17) is 16.3 Å². The van der Waals surface area contributed by atoms with Crippen LogP contribution < -0.4 is 0 Å². The molecular weight excluding hydrogens is 406 g/mol. The van der Waals surface area contributed by atoms with Crippen LogP contribution in [0.25, 0.3) is 5.69 Å². The second kappa shape index (κ2) is 9.24. The number of halogens is 1. The van der Waals surface area contributed by atoms with Crippen LogP contribution in [0.15, 0.2) is 24.3 Å². The van der Waals surface area contributed by atoms with E-state index in [0.717, 1.165) is 17.4 Å². The predicted molar refractivity (Wildman–Crippen MR) is 101 cm³/mol. The average molecular weight is 424 g/mol. The number of ether oxygens (including phenoxy) is 1. The molecule has 29 heavy (non-hydrogen) atoms. The van der Waals surface area contributed by atoms with Gasteiger partial charge in [-0.15, -0.1) is 0 Å². The van der Waals surface area contributed by atoms with Gasteiger partial charge in [0, 0.05) is 10.7 Å². The summed E-state index contributed by atoms with van der Waals surface area (Å²) in [6.45, 7) is 1.91. The minimum absolute atomic E-state index is 0.0255. The Hall–Kier alpha value is -3.33. The molecule has 2 rings (SSSR count). The number of benzene rings is 1. The van der Waals surface area contributed by atoms with Gasteiger partial charge in [-0.25, -0.2) is 19.2 Å². The van der Waals surface area contributed by atoms with Gasteiger partial charge < -0.3 is 20.1 Å². The number of aromatic carboxylic acids is 3. The smallest absolute Gasteiger partial charge is 0.356 e. The third kappa shape index (κ3) is 4.57. The Morgan fingerprint density at radius 2 is 1.45 bits per heavy atom. The maximum Gasteiger partial charge on any atom is 0.356 e. The summed E-state index contributed by atoms with van der Waals surface area (Å²) in [5, 5.41) is 29.0. The van der Waals surface area contributed by atoms with Gasteiger partial charge in [0.05, 0.1) is 6.61 Å². The van der Waals surface area contributed by atoms with Crippen molar-refractivity contribution in [2.45, 2.75) is 26.2 Å². The first-order valence-corrected chi connectivity index (χ1v) is 9.00. The molecule has 3 N–H and O–H groups in total. The molecule has 0 spiro atoms. The molecule has 0 bridgehead atoms. The fourth-order valence-corrected chi connectivity index (χ4v) is 2.94. The van der Waals surface area contributed by atoms with E-state index in [9.17, 15) is 34.5 Å². The Labute approximate surface area is 170 Å². The summed E-state index contributed by atoms with van der Waals surface area (Å²) in [4.78, 5) is 48.0. The summed E-state index contributed by atoms with van der Waals surface area (Å²) in [6, 6.07) is 5.44. The highest BCUT2D eigenvalue weighted by Crippen LogP contribution is 2.29. The lowest BCUT2D eigenvalue weighted by Crippen LogP contribution is -2.17. The van der Waals surface area contributed by atoms with Crippen LogP contribution in [0.3, 0.4) is 0 Å². The number of esters is 1. The number of carboxylic acids is 3. The van der Waals surface area contributed by atoms with Gasteiger partial charge in [0.25, 0.3) is 0 Å². The van der Waals surface area contributed by atoms with E-state index in [2.05, 4.69) is 0 Å². The molecule has 0 saturated heterocycles. The predicted octanol–water partition coefficient (Wildman–Crippen LogP) is 3.57. The van der Waals surface area contributed by atoms with Crippen LogP contribution in [0.5, 0.6) is 0 Å². The number of nitrogens with zero attached hydrogens (tertiary/aromatic N) is 1. The first kappa shape index (κ1) is 22.0.